The summed E-state index contributed by atoms with van der Waals surface area (Å²) in [5, 5.41) is 14.6. The highest BCUT2D eigenvalue weighted by Gasteiger charge is 2.09. The van der Waals surface area contributed by atoms with Crippen LogP contribution >= 0.6 is 11.3 Å². The molecule has 0 saturated carbocycles. The predicted molar refractivity (Wildman–Crippen MR) is 78.8 cm³/mol. The highest BCUT2D eigenvalue weighted by molar-refractivity contribution is 7.09. The number of methoxy groups -OCH3 is 1. The molecule has 1 unspecified atom stereocenters. The van der Waals surface area contributed by atoms with Crippen LogP contribution in [0.1, 0.15) is 17.4 Å². The van der Waals surface area contributed by atoms with Gasteiger partial charge in [-0.2, -0.15) is 5.26 Å². The Morgan fingerprint density at radius 3 is 2.89 bits per heavy atom. The van der Waals surface area contributed by atoms with E-state index in [1.165, 1.54) is 4.88 Å². The monoisotopic (exact) mass is 272 g/mol. The minimum Gasteiger partial charge on any atom is -0.497 e. The van der Waals surface area contributed by atoms with Gasteiger partial charge in [0.2, 0.25) is 0 Å². The fraction of sp³-hybridized carbons (Fsp3) is 0.267. The van der Waals surface area contributed by atoms with Gasteiger partial charge in [0.05, 0.1) is 18.4 Å². The Morgan fingerprint density at radius 2 is 2.26 bits per heavy atom. The van der Waals surface area contributed by atoms with E-state index in [1.807, 2.05) is 6.07 Å². The van der Waals surface area contributed by atoms with Crippen molar-refractivity contribution in [2.75, 3.05) is 12.4 Å². The molecule has 0 bridgehead atoms. The first-order valence-corrected chi connectivity index (χ1v) is 6.98. The maximum atomic E-state index is 9.12. The summed E-state index contributed by atoms with van der Waals surface area (Å²) in [5.74, 6) is 0.754. The molecule has 0 spiro atoms. The molecule has 0 aliphatic carbocycles. The summed E-state index contributed by atoms with van der Waals surface area (Å²) in [5.41, 5.74) is 1.46. The van der Waals surface area contributed by atoms with E-state index in [4.69, 9.17) is 10.00 Å². The summed E-state index contributed by atoms with van der Waals surface area (Å²) in [4.78, 5) is 1.33. The Bertz CT molecular complexity index is 572. The summed E-state index contributed by atoms with van der Waals surface area (Å²) in [7, 11) is 1.63. The van der Waals surface area contributed by atoms with E-state index in [-0.39, 0.29) is 6.04 Å². The van der Waals surface area contributed by atoms with Gasteiger partial charge in [-0.25, -0.2) is 0 Å². The second-order valence-electron chi connectivity index (χ2n) is 4.35. The lowest BCUT2D eigenvalue weighted by Crippen LogP contribution is -2.18. The first-order valence-electron chi connectivity index (χ1n) is 6.10. The molecule has 2 aromatic rings. The average molecular weight is 272 g/mol. The molecule has 3 nitrogen and oxygen atoms in total. The van der Waals surface area contributed by atoms with Crippen molar-refractivity contribution in [3.63, 3.8) is 0 Å². The molecular formula is C15H16N2OS. The smallest absolute Gasteiger partial charge is 0.121 e. The lowest BCUT2D eigenvalue weighted by Gasteiger charge is -2.16. The van der Waals surface area contributed by atoms with Crippen LogP contribution in [0.5, 0.6) is 5.75 Å². The van der Waals surface area contributed by atoms with E-state index in [2.05, 4.69) is 35.8 Å². The summed E-state index contributed by atoms with van der Waals surface area (Å²) in [6.07, 6.45) is 0.944. The van der Waals surface area contributed by atoms with Gasteiger partial charge in [0.25, 0.3) is 0 Å². The lowest BCUT2D eigenvalue weighted by atomic mass is 10.1. The van der Waals surface area contributed by atoms with E-state index in [0.717, 1.165) is 17.9 Å². The molecule has 0 radical (unpaired) electrons. The zero-order chi connectivity index (χ0) is 13.7. The minimum atomic E-state index is 0.262. The maximum absolute atomic E-state index is 9.12. The molecule has 0 aliphatic heterocycles. The highest BCUT2D eigenvalue weighted by Crippen LogP contribution is 2.23. The number of nitriles is 1. The Labute approximate surface area is 117 Å². The average Bonchev–Trinajstić information content (AvgIpc) is 2.91. The highest BCUT2D eigenvalue weighted by atomic mass is 32.1. The molecule has 1 heterocycles. The van der Waals surface area contributed by atoms with Gasteiger partial charge in [-0.1, -0.05) is 6.07 Å². The second kappa shape index (κ2) is 6.26. The van der Waals surface area contributed by atoms with Crippen molar-refractivity contribution in [3.05, 3.63) is 46.2 Å². The third-order valence-corrected chi connectivity index (χ3v) is 3.74. The molecule has 0 amide bonds. The normalized spacial score (nSPS) is 11.6. The molecule has 1 aromatic carbocycles. The Balaban J connectivity index is 2.11. The van der Waals surface area contributed by atoms with Crippen LogP contribution in [0.4, 0.5) is 5.69 Å². The van der Waals surface area contributed by atoms with Crippen LogP contribution in [0.3, 0.4) is 0 Å². The van der Waals surface area contributed by atoms with Crippen molar-refractivity contribution in [2.24, 2.45) is 0 Å². The van der Waals surface area contributed by atoms with Gasteiger partial charge < -0.3 is 10.1 Å². The standard InChI is InChI=1S/C15H16N2OS/c1-11(8-14-4-3-7-19-14)17-15-9-13(18-2)6-5-12(15)10-16/h3-7,9,11,17H,8H2,1-2H3. The van der Waals surface area contributed by atoms with Gasteiger partial charge in [-0.05, 0) is 30.5 Å². The van der Waals surface area contributed by atoms with E-state index in [9.17, 15) is 0 Å². The van der Waals surface area contributed by atoms with Crippen molar-refractivity contribution in [3.8, 4) is 11.8 Å². The molecule has 0 saturated heterocycles. The van der Waals surface area contributed by atoms with E-state index in [1.54, 1.807) is 30.6 Å². The van der Waals surface area contributed by atoms with Gasteiger partial charge >= 0.3 is 0 Å². The number of benzene rings is 1. The molecule has 98 valence electrons. The first-order chi connectivity index (χ1) is 9.22. The van der Waals surface area contributed by atoms with Crippen LogP contribution in [0.2, 0.25) is 0 Å². The number of rotatable bonds is 5. The van der Waals surface area contributed by atoms with Gasteiger partial charge in [0.15, 0.2) is 0 Å². The van der Waals surface area contributed by atoms with Crippen molar-refractivity contribution >= 4 is 17.0 Å². The van der Waals surface area contributed by atoms with Crippen molar-refractivity contribution in [1.82, 2.24) is 0 Å². The zero-order valence-corrected chi connectivity index (χ0v) is 11.8. The fourth-order valence-electron chi connectivity index (χ4n) is 1.91. The van der Waals surface area contributed by atoms with Crippen molar-refractivity contribution in [1.29, 1.82) is 5.26 Å². The lowest BCUT2D eigenvalue weighted by molar-refractivity contribution is 0.415. The molecule has 0 fully saturated rings. The summed E-state index contributed by atoms with van der Waals surface area (Å²) >= 11 is 1.75. The van der Waals surface area contributed by atoms with Gasteiger partial charge in [-0.3, -0.25) is 0 Å². The summed E-state index contributed by atoms with van der Waals surface area (Å²) in [6.45, 7) is 2.11. The number of ether oxygens (including phenoxy) is 1. The van der Waals surface area contributed by atoms with Crippen LogP contribution in [0.15, 0.2) is 35.7 Å². The predicted octanol–water partition coefficient (Wildman–Crippen LogP) is 3.67. The molecule has 4 heteroatoms. The fourth-order valence-corrected chi connectivity index (χ4v) is 2.75. The van der Waals surface area contributed by atoms with Crippen molar-refractivity contribution < 1.29 is 4.74 Å². The third-order valence-electron chi connectivity index (χ3n) is 2.84. The molecule has 19 heavy (non-hydrogen) atoms. The Hall–Kier alpha value is -1.99. The molecule has 1 atom stereocenters. The Morgan fingerprint density at radius 1 is 1.42 bits per heavy atom. The summed E-state index contributed by atoms with van der Waals surface area (Å²) in [6, 6.07) is 12.1. The number of nitrogens with one attached hydrogen (secondary N) is 1. The third kappa shape index (κ3) is 3.49. The van der Waals surface area contributed by atoms with Crippen molar-refractivity contribution in [2.45, 2.75) is 19.4 Å². The van der Waals surface area contributed by atoms with Crippen LogP contribution in [0, 0.1) is 11.3 Å². The number of hydrogen-bond donors (Lipinski definition) is 1. The van der Waals surface area contributed by atoms with Gasteiger partial charge in [0.1, 0.15) is 11.8 Å². The number of hydrogen-bond acceptors (Lipinski definition) is 4. The SMILES string of the molecule is COc1ccc(C#N)c(NC(C)Cc2cccs2)c1. The molecule has 1 aromatic heterocycles. The van der Waals surface area contributed by atoms with Crippen LogP contribution in [-0.2, 0) is 6.42 Å². The quantitative estimate of drug-likeness (QED) is 0.903. The molecule has 1 N–H and O–H groups in total. The molecule has 0 aliphatic rings. The van der Waals surface area contributed by atoms with Gasteiger partial charge in [-0.15, -0.1) is 11.3 Å². The first kappa shape index (κ1) is 13.4. The van der Waals surface area contributed by atoms with Crippen LogP contribution in [0.25, 0.3) is 0 Å². The van der Waals surface area contributed by atoms with E-state index in [0.29, 0.717) is 5.56 Å². The molecular weight excluding hydrogens is 256 g/mol. The second-order valence-corrected chi connectivity index (χ2v) is 5.38. The zero-order valence-electron chi connectivity index (χ0n) is 11.0. The Kier molecular flexibility index (Phi) is 4.43. The van der Waals surface area contributed by atoms with Crippen LogP contribution < -0.4 is 10.1 Å². The largest absolute Gasteiger partial charge is 0.497 e. The maximum Gasteiger partial charge on any atom is 0.121 e. The van der Waals surface area contributed by atoms with E-state index >= 15 is 0 Å². The minimum absolute atomic E-state index is 0.262. The van der Waals surface area contributed by atoms with E-state index < -0.39 is 0 Å². The topological polar surface area (TPSA) is 45.0 Å². The number of thiophene rings is 1. The van der Waals surface area contributed by atoms with Gasteiger partial charge in [0, 0.05) is 23.4 Å². The van der Waals surface area contributed by atoms with Crippen LogP contribution in [-0.4, -0.2) is 13.2 Å². The number of anilines is 1. The number of nitrogens with zero attached hydrogens (tertiary/aromatic N) is 1. The molecule has 2 rings (SSSR count). The summed E-state index contributed by atoms with van der Waals surface area (Å²) < 4.78 is 5.19.